The topological polar surface area (TPSA) is 43.0 Å². The van der Waals surface area contributed by atoms with Gasteiger partial charge in [-0.1, -0.05) is 24.3 Å². The van der Waals surface area contributed by atoms with E-state index in [0.717, 1.165) is 22.8 Å². The Kier molecular flexibility index (Phi) is 5.60. The van der Waals surface area contributed by atoms with Crippen LogP contribution in [0.25, 0.3) is 0 Å². The smallest absolute Gasteiger partial charge is 0.169 e. The molecular formula is C19H22N2O3S. The second-order valence-corrected chi connectivity index (χ2v) is 6.27. The van der Waals surface area contributed by atoms with Crippen molar-refractivity contribution in [3.8, 4) is 17.2 Å². The summed E-state index contributed by atoms with van der Waals surface area (Å²) in [5.74, 6) is 2.42. The van der Waals surface area contributed by atoms with Gasteiger partial charge in [0.25, 0.3) is 0 Å². The van der Waals surface area contributed by atoms with Crippen molar-refractivity contribution in [2.45, 2.75) is 12.6 Å². The summed E-state index contributed by atoms with van der Waals surface area (Å²) >= 11 is 5.46. The second-order valence-electron chi connectivity index (χ2n) is 5.88. The maximum Gasteiger partial charge on any atom is 0.169 e. The van der Waals surface area contributed by atoms with Crippen LogP contribution in [0.2, 0.25) is 0 Å². The van der Waals surface area contributed by atoms with Crippen molar-refractivity contribution in [2.24, 2.45) is 0 Å². The van der Waals surface area contributed by atoms with Gasteiger partial charge in [0, 0.05) is 13.6 Å². The molecule has 0 bridgehead atoms. The molecule has 0 saturated carbocycles. The van der Waals surface area contributed by atoms with Gasteiger partial charge in [0.15, 0.2) is 22.7 Å². The molecule has 0 radical (unpaired) electrons. The molecule has 0 unspecified atom stereocenters. The number of nitrogens with zero attached hydrogens (tertiary/aromatic N) is 1. The zero-order valence-electron chi connectivity index (χ0n) is 14.4. The molecule has 2 aromatic carbocycles. The van der Waals surface area contributed by atoms with E-state index in [2.05, 4.69) is 5.32 Å². The molecule has 0 amide bonds. The molecule has 0 aromatic heterocycles. The summed E-state index contributed by atoms with van der Waals surface area (Å²) in [4.78, 5) is 1.97. The zero-order valence-corrected chi connectivity index (χ0v) is 15.2. The molecule has 1 atom stereocenters. The summed E-state index contributed by atoms with van der Waals surface area (Å²) in [6.45, 7) is 1.84. The van der Waals surface area contributed by atoms with E-state index in [1.54, 1.807) is 7.11 Å². The Bertz CT molecular complexity index is 721. The summed E-state index contributed by atoms with van der Waals surface area (Å²) in [6, 6.07) is 15.6. The summed E-state index contributed by atoms with van der Waals surface area (Å²) in [7, 11) is 3.61. The van der Waals surface area contributed by atoms with E-state index in [-0.39, 0.29) is 6.10 Å². The summed E-state index contributed by atoms with van der Waals surface area (Å²) < 4.78 is 16.9. The van der Waals surface area contributed by atoms with Gasteiger partial charge in [0.1, 0.15) is 12.4 Å². The minimum atomic E-state index is -0.0550. The van der Waals surface area contributed by atoms with Gasteiger partial charge >= 0.3 is 0 Å². The molecule has 0 aliphatic carbocycles. The van der Waals surface area contributed by atoms with Crippen LogP contribution in [0, 0.1) is 0 Å². The van der Waals surface area contributed by atoms with E-state index in [4.69, 9.17) is 26.4 Å². The monoisotopic (exact) mass is 358 g/mol. The number of methoxy groups -OCH3 is 1. The van der Waals surface area contributed by atoms with Crippen molar-refractivity contribution in [1.82, 2.24) is 10.2 Å². The van der Waals surface area contributed by atoms with Gasteiger partial charge in [-0.3, -0.25) is 0 Å². The van der Waals surface area contributed by atoms with Gasteiger partial charge in [0.2, 0.25) is 0 Å². The van der Waals surface area contributed by atoms with Crippen LogP contribution in [0.3, 0.4) is 0 Å². The molecule has 2 aromatic rings. The number of likely N-dealkylation sites (N-methyl/N-ethyl adjacent to an activating group) is 1. The first-order chi connectivity index (χ1) is 12.2. The average molecular weight is 358 g/mol. The Morgan fingerprint density at radius 3 is 2.64 bits per heavy atom. The molecule has 1 N–H and O–H groups in total. The SMILES string of the molecule is COc1ccc(CNC(=S)N(C)C[C@@H]2COc3ccccc3O2)cc1. The van der Waals surface area contributed by atoms with Crippen molar-refractivity contribution >= 4 is 17.3 Å². The predicted octanol–water partition coefficient (Wildman–Crippen LogP) is 2.84. The number of hydrogen-bond acceptors (Lipinski definition) is 4. The molecular weight excluding hydrogens is 336 g/mol. The number of fused-ring (bicyclic) bond motifs is 1. The molecule has 0 spiro atoms. The van der Waals surface area contributed by atoms with Crippen LogP contribution in [0.5, 0.6) is 17.2 Å². The highest BCUT2D eigenvalue weighted by Crippen LogP contribution is 2.30. The highest BCUT2D eigenvalue weighted by atomic mass is 32.1. The first-order valence-corrected chi connectivity index (χ1v) is 8.57. The average Bonchev–Trinajstić information content (AvgIpc) is 2.66. The maximum atomic E-state index is 5.97. The predicted molar refractivity (Wildman–Crippen MR) is 101 cm³/mol. The largest absolute Gasteiger partial charge is 0.497 e. The normalized spacial score (nSPS) is 15.4. The van der Waals surface area contributed by atoms with Gasteiger partial charge in [-0.15, -0.1) is 0 Å². The van der Waals surface area contributed by atoms with E-state index in [1.165, 1.54) is 0 Å². The number of rotatable bonds is 5. The highest BCUT2D eigenvalue weighted by Gasteiger charge is 2.22. The maximum absolute atomic E-state index is 5.97. The van der Waals surface area contributed by atoms with Crippen molar-refractivity contribution in [3.05, 3.63) is 54.1 Å². The fourth-order valence-corrected chi connectivity index (χ4v) is 2.74. The number of benzene rings is 2. The third kappa shape index (κ3) is 4.54. The Balaban J connectivity index is 1.47. The van der Waals surface area contributed by atoms with E-state index in [9.17, 15) is 0 Å². The van der Waals surface area contributed by atoms with Crippen molar-refractivity contribution in [3.63, 3.8) is 0 Å². The molecule has 5 nitrogen and oxygen atoms in total. The van der Waals surface area contributed by atoms with Crippen molar-refractivity contribution in [1.29, 1.82) is 0 Å². The van der Waals surface area contributed by atoms with E-state index in [0.29, 0.717) is 24.8 Å². The molecule has 1 heterocycles. The molecule has 0 fully saturated rings. The lowest BCUT2D eigenvalue weighted by molar-refractivity contribution is 0.0779. The van der Waals surface area contributed by atoms with Crippen molar-refractivity contribution < 1.29 is 14.2 Å². The van der Waals surface area contributed by atoms with Crippen LogP contribution in [-0.2, 0) is 6.54 Å². The van der Waals surface area contributed by atoms with Gasteiger partial charge in [-0.25, -0.2) is 0 Å². The quantitative estimate of drug-likeness (QED) is 0.829. The molecule has 1 aliphatic rings. The summed E-state index contributed by atoms with van der Waals surface area (Å²) in [6.07, 6.45) is -0.0550. The van der Waals surface area contributed by atoms with Gasteiger partial charge in [0.05, 0.1) is 13.7 Å². The molecule has 3 rings (SSSR count). The van der Waals surface area contributed by atoms with Crippen LogP contribution < -0.4 is 19.5 Å². The minimum Gasteiger partial charge on any atom is -0.497 e. The van der Waals surface area contributed by atoms with Gasteiger partial charge < -0.3 is 24.4 Å². The fraction of sp³-hybridized carbons (Fsp3) is 0.316. The van der Waals surface area contributed by atoms with Crippen LogP contribution in [-0.4, -0.2) is 43.4 Å². The first-order valence-electron chi connectivity index (χ1n) is 8.16. The lowest BCUT2D eigenvalue weighted by atomic mass is 10.2. The standard InChI is InChI=1S/C19H22N2O3S/c1-21(12-16-13-23-17-5-3-4-6-18(17)24-16)19(25)20-11-14-7-9-15(22-2)10-8-14/h3-10,16H,11-13H2,1-2H3,(H,20,25)/t16-/m1/s1. The minimum absolute atomic E-state index is 0.0550. The van der Waals surface area contributed by atoms with Gasteiger partial charge in [-0.2, -0.15) is 0 Å². The fourth-order valence-electron chi connectivity index (χ4n) is 2.60. The Hall–Kier alpha value is -2.47. The molecule has 0 saturated heterocycles. The molecule has 6 heteroatoms. The van der Waals surface area contributed by atoms with Crippen molar-refractivity contribution in [2.75, 3.05) is 27.3 Å². The van der Waals surface area contributed by atoms with Crippen LogP contribution in [0.4, 0.5) is 0 Å². The van der Waals surface area contributed by atoms with Crippen LogP contribution in [0.15, 0.2) is 48.5 Å². The van der Waals surface area contributed by atoms with Crippen LogP contribution in [0.1, 0.15) is 5.56 Å². The number of hydrogen-bond donors (Lipinski definition) is 1. The number of nitrogens with one attached hydrogen (secondary N) is 1. The first kappa shape index (κ1) is 17.4. The van der Waals surface area contributed by atoms with E-state index < -0.39 is 0 Å². The number of para-hydroxylation sites is 2. The molecule has 25 heavy (non-hydrogen) atoms. The third-order valence-corrected chi connectivity index (χ3v) is 4.45. The number of ether oxygens (including phenoxy) is 3. The number of thiocarbonyl (C=S) groups is 1. The Morgan fingerprint density at radius 2 is 1.92 bits per heavy atom. The zero-order chi connectivity index (χ0) is 17.6. The summed E-state index contributed by atoms with van der Waals surface area (Å²) in [5, 5.41) is 3.94. The Morgan fingerprint density at radius 1 is 1.20 bits per heavy atom. The summed E-state index contributed by atoms with van der Waals surface area (Å²) in [5.41, 5.74) is 1.14. The van der Waals surface area contributed by atoms with Gasteiger partial charge in [-0.05, 0) is 42.0 Å². The molecule has 1 aliphatic heterocycles. The van der Waals surface area contributed by atoms with E-state index in [1.807, 2.05) is 60.5 Å². The van der Waals surface area contributed by atoms with Crippen LogP contribution >= 0.6 is 12.2 Å². The second kappa shape index (κ2) is 8.07. The third-order valence-electron chi connectivity index (χ3n) is 3.99. The lowest BCUT2D eigenvalue weighted by Gasteiger charge is -2.30. The highest BCUT2D eigenvalue weighted by molar-refractivity contribution is 7.80. The lowest BCUT2D eigenvalue weighted by Crippen LogP contribution is -2.45. The Labute approximate surface area is 153 Å². The molecule has 132 valence electrons. The van der Waals surface area contributed by atoms with E-state index >= 15 is 0 Å².